The molecule has 0 bridgehead atoms. The molecule has 0 saturated carbocycles. The Morgan fingerprint density at radius 3 is 2.59 bits per heavy atom. The van der Waals surface area contributed by atoms with Gasteiger partial charge in [-0.2, -0.15) is 4.98 Å². The van der Waals surface area contributed by atoms with Gasteiger partial charge in [-0.15, -0.1) is 0 Å². The molecule has 1 atom stereocenters. The van der Waals surface area contributed by atoms with Crippen LogP contribution in [0, 0.1) is 5.41 Å². The third kappa shape index (κ3) is 4.18. The van der Waals surface area contributed by atoms with Gasteiger partial charge in [0.25, 0.3) is 0 Å². The molecule has 7 heteroatoms. The van der Waals surface area contributed by atoms with Crippen molar-refractivity contribution in [3.63, 3.8) is 0 Å². The third-order valence-corrected chi connectivity index (χ3v) is 5.20. The summed E-state index contributed by atoms with van der Waals surface area (Å²) in [4.78, 5) is 29.6. The summed E-state index contributed by atoms with van der Waals surface area (Å²) in [6, 6.07) is 8.02. The Morgan fingerprint density at radius 2 is 2.00 bits per heavy atom. The van der Waals surface area contributed by atoms with Crippen LogP contribution < -0.4 is 0 Å². The van der Waals surface area contributed by atoms with Gasteiger partial charge in [-0.05, 0) is 24.8 Å². The first-order chi connectivity index (χ1) is 12.8. The SMILES string of the molecule is CC(C)c1ccc(-c2noc(CCC(=O)N3CC[C@@](C)(C(=O)O)C3)n2)cc1. The molecule has 1 aliphatic heterocycles. The highest BCUT2D eigenvalue weighted by molar-refractivity contribution is 5.80. The van der Waals surface area contributed by atoms with Crippen molar-refractivity contribution in [3.8, 4) is 11.4 Å². The summed E-state index contributed by atoms with van der Waals surface area (Å²) >= 11 is 0. The second-order valence-electron chi connectivity index (χ2n) is 7.72. The number of aromatic nitrogens is 2. The van der Waals surface area contributed by atoms with Gasteiger partial charge >= 0.3 is 5.97 Å². The highest BCUT2D eigenvalue weighted by atomic mass is 16.5. The summed E-state index contributed by atoms with van der Waals surface area (Å²) in [6.45, 7) is 6.67. The van der Waals surface area contributed by atoms with E-state index < -0.39 is 11.4 Å². The predicted octanol–water partition coefficient (Wildman–Crippen LogP) is 3.12. The standard InChI is InChI=1S/C20H25N3O4/c1-13(2)14-4-6-15(7-5-14)18-21-16(27-22-18)8-9-17(24)23-11-10-20(3,12-23)19(25)26/h4-7,13H,8-12H2,1-3H3,(H,25,26)/t20-/m1/s1. The average molecular weight is 371 g/mol. The first-order valence-electron chi connectivity index (χ1n) is 9.22. The fourth-order valence-corrected chi connectivity index (χ4v) is 3.21. The van der Waals surface area contributed by atoms with Crippen molar-refractivity contribution < 1.29 is 19.2 Å². The van der Waals surface area contributed by atoms with Gasteiger partial charge in [-0.1, -0.05) is 43.3 Å². The van der Waals surface area contributed by atoms with E-state index in [0.717, 1.165) is 5.56 Å². The number of amides is 1. The zero-order valence-corrected chi connectivity index (χ0v) is 15.9. The number of hydrogen-bond donors (Lipinski definition) is 1. The van der Waals surface area contributed by atoms with Crippen molar-refractivity contribution in [2.75, 3.05) is 13.1 Å². The second kappa shape index (κ2) is 7.50. The summed E-state index contributed by atoms with van der Waals surface area (Å²) in [7, 11) is 0. The van der Waals surface area contributed by atoms with Gasteiger partial charge in [-0.3, -0.25) is 9.59 Å². The van der Waals surface area contributed by atoms with E-state index in [1.165, 1.54) is 5.56 Å². The lowest BCUT2D eigenvalue weighted by atomic mass is 9.90. The average Bonchev–Trinajstić information content (AvgIpc) is 3.27. The molecule has 2 heterocycles. The number of aryl methyl sites for hydroxylation is 1. The number of carbonyl (C=O) groups excluding carboxylic acids is 1. The van der Waals surface area contributed by atoms with E-state index in [2.05, 4.69) is 24.0 Å². The van der Waals surface area contributed by atoms with E-state index >= 15 is 0 Å². The Hall–Kier alpha value is -2.70. The van der Waals surface area contributed by atoms with Crippen LogP contribution in [0.3, 0.4) is 0 Å². The number of aliphatic carboxylic acids is 1. The van der Waals surface area contributed by atoms with Crippen LogP contribution in [-0.4, -0.2) is 45.1 Å². The van der Waals surface area contributed by atoms with Crippen LogP contribution >= 0.6 is 0 Å². The minimum absolute atomic E-state index is 0.0824. The summed E-state index contributed by atoms with van der Waals surface area (Å²) in [5.41, 5.74) is 1.26. The zero-order valence-electron chi connectivity index (χ0n) is 15.9. The lowest BCUT2D eigenvalue weighted by Crippen LogP contribution is -2.34. The van der Waals surface area contributed by atoms with Gasteiger partial charge in [-0.25, -0.2) is 0 Å². The quantitative estimate of drug-likeness (QED) is 0.838. The van der Waals surface area contributed by atoms with Gasteiger partial charge in [0, 0.05) is 31.5 Å². The maximum absolute atomic E-state index is 12.4. The Balaban J connectivity index is 1.57. The maximum Gasteiger partial charge on any atom is 0.311 e. The number of hydrogen-bond acceptors (Lipinski definition) is 5. The minimum Gasteiger partial charge on any atom is -0.481 e. The number of carboxylic acids is 1. The van der Waals surface area contributed by atoms with Crippen LogP contribution in [0.4, 0.5) is 0 Å². The molecule has 2 aromatic rings. The fraction of sp³-hybridized carbons (Fsp3) is 0.500. The summed E-state index contributed by atoms with van der Waals surface area (Å²) in [6.07, 6.45) is 1.05. The van der Waals surface area contributed by atoms with Gasteiger partial charge in [0.1, 0.15) is 0 Å². The van der Waals surface area contributed by atoms with E-state index in [4.69, 9.17) is 4.52 Å². The Labute approximate surface area is 158 Å². The van der Waals surface area contributed by atoms with Crippen LogP contribution in [0.2, 0.25) is 0 Å². The Morgan fingerprint density at radius 1 is 1.30 bits per heavy atom. The summed E-state index contributed by atoms with van der Waals surface area (Å²) in [5.74, 6) is 0.433. The van der Waals surface area contributed by atoms with E-state index in [1.807, 2.05) is 24.3 Å². The molecule has 1 aliphatic rings. The highest BCUT2D eigenvalue weighted by Crippen LogP contribution is 2.30. The first-order valence-corrected chi connectivity index (χ1v) is 9.22. The normalized spacial score (nSPS) is 19.6. The largest absolute Gasteiger partial charge is 0.481 e. The molecule has 3 rings (SSSR count). The van der Waals surface area contributed by atoms with Crippen LogP contribution in [0.25, 0.3) is 11.4 Å². The van der Waals surface area contributed by atoms with Gasteiger partial charge in [0.15, 0.2) is 0 Å². The monoisotopic (exact) mass is 371 g/mol. The number of carboxylic acid groups (broad SMARTS) is 1. The molecule has 0 radical (unpaired) electrons. The summed E-state index contributed by atoms with van der Waals surface area (Å²) < 4.78 is 5.26. The van der Waals surface area contributed by atoms with Crippen molar-refractivity contribution in [1.82, 2.24) is 15.0 Å². The van der Waals surface area contributed by atoms with Crippen LogP contribution in [0.15, 0.2) is 28.8 Å². The molecule has 7 nitrogen and oxygen atoms in total. The molecular weight excluding hydrogens is 346 g/mol. The third-order valence-electron chi connectivity index (χ3n) is 5.20. The van der Waals surface area contributed by atoms with Crippen molar-refractivity contribution in [2.45, 2.75) is 46.0 Å². The molecule has 27 heavy (non-hydrogen) atoms. The van der Waals surface area contributed by atoms with Crippen LogP contribution in [0.5, 0.6) is 0 Å². The number of benzene rings is 1. The lowest BCUT2D eigenvalue weighted by Gasteiger charge is -2.19. The van der Waals surface area contributed by atoms with Crippen molar-refractivity contribution in [3.05, 3.63) is 35.7 Å². The summed E-state index contributed by atoms with van der Waals surface area (Å²) in [5, 5.41) is 13.3. The Bertz CT molecular complexity index is 828. The molecule has 144 valence electrons. The van der Waals surface area contributed by atoms with E-state index in [0.29, 0.717) is 37.0 Å². The van der Waals surface area contributed by atoms with Crippen LogP contribution in [0.1, 0.15) is 51.0 Å². The molecule has 1 fully saturated rings. The molecule has 1 saturated heterocycles. The van der Waals surface area contributed by atoms with Crippen molar-refractivity contribution in [2.24, 2.45) is 5.41 Å². The Kier molecular flexibility index (Phi) is 5.30. The second-order valence-corrected chi connectivity index (χ2v) is 7.72. The fourth-order valence-electron chi connectivity index (χ4n) is 3.21. The highest BCUT2D eigenvalue weighted by Gasteiger charge is 2.41. The molecular formula is C20H25N3O4. The van der Waals surface area contributed by atoms with Gasteiger partial charge in [0.2, 0.25) is 17.6 Å². The minimum atomic E-state index is -0.858. The van der Waals surface area contributed by atoms with Crippen molar-refractivity contribution in [1.29, 1.82) is 0 Å². The molecule has 1 amide bonds. The molecule has 0 spiro atoms. The van der Waals surface area contributed by atoms with Crippen LogP contribution in [-0.2, 0) is 16.0 Å². The number of likely N-dealkylation sites (tertiary alicyclic amines) is 1. The van der Waals surface area contributed by atoms with Gasteiger partial charge in [0.05, 0.1) is 5.41 Å². The number of nitrogens with zero attached hydrogens (tertiary/aromatic N) is 3. The number of carbonyl (C=O) groups is 2. The van der Waals surface area contributed by atoms with E-state index in [1.54, 1.807) is 11.8 Å². The van der Waals surface area contributed by atoms with E-state index in [-0.39, 0.29) is 18.9 Å². The predicted molar refractivity (Wildman–Crippen MR) is 99.1 cm³/mol. The first kappa shape index (κ1) is 19.1. The lowest BCUT2D eigenvalue weighted by molar-refractivity contribution is -0.147. The topological polar surface area (TPSA) is 96.5 Å². The smallest absolute Gasteiger partial charge is 0.311 e. The maximum atomic E-state index is 12.4. The van der Waals surface area contributed by atoms with Gasteiger partial charge < -0.3 is 14.5 Å². The molecule has 1 aromatic carbocycles. The zero-order chi connectivity index (χ0) is 19.6. The molecule has 1 aromatic heterocycles. The van der Waals surface area contributed by atoms with E-state index in [9.17, 15) is 14.7 Å². The molecule has 1 N–H and O–H groups in total. The molecule has 0 aliphatic carbocycles. The number of rotatable bonds is 6. The molecule has 0 unspecified atom stereocenters. The van der Waals surface area contributed by atoms with Crippen molar-refractivity contribution >= 4 is 11.9 Å².